The highest BCUT2D eigenvalue weighted by Gasteiger charge is 2.45. The number of likely N-dealkylation sites (tertiary alicyclic amines) is 1. The van der Waals surface area contributed by atoms with Crippen LogP contribution in [0, 0.1) is 6.92 Å². The van der Waals surface area contributed by atoms with Crippen LogP contribution >= 0.6 is 11.6 Å². The van der Waals surface area contributed by atoms with Gasteiger partial charge in [-0.05, 0) is 31.9 Å². The van der Waals surface area contributed by atoms with Crippen molar-refractivity contribution in [3.63, 3.8) is 0 Å². The molecule has 1 amide bonds. The number of nitrogens with two attached hydrogens (primary N) is 1. The summed E-state index contributed by atoms with van der Waals surface area (Å²) in [5, 5.41) is 0.192. The predicted molar refractivity (Wildman–Crippen MR) is 121 cm³/mol. The molecule has 2 aliphatic rings. The number of pyridine rings is 1. The summed E-state index contributed by atoms with van der Waals surface area (Å²) in [4.78, 5) is 27.7. The van der Waals surface area contributed by atoms with Crippen molar-refractivity contribution < 1.29 is 22.7 Å². The number of aryl methyl sites for hydroxylation is 1. The number of aromatic nitrogens is 4. The topological polar surface area (TPSA) is 98.6 Å². The smallest absolute Gasteiger partial charge is 0.433 e. The summed E-state index contributed by atoms with van der Waals surface area (Å²) >= 11 is 6.52. The minimum Gasteiger partial charge on any atom is -0.487 e. The minimum atomic E-state index is -4.59. The number of carbonyl (C=O) groups excluding carboxylic acids is 1. The van der Waals surface area contributed by atoms with Gasteiger partial charge in [-0.1, -0.05) is 11.6 Å². The van der Waals surface area contributed by atoms with Crippen LogP contribution in [0.3, 0.4) is 0 Å². The maximum atomic E-state index is 13.8. The molecular formula is C23H18ClF3N6O2. The number of nitrogens with zero attached hydrogens (tertiary/aromatic N) is 5. The molecule has 1 aromatic carbocycles. The van der Waals surface area contributed by atoms with Crippen LogP contribution in [0.4, 0.5) is 19.0 Å². The van der Waals surface area contributed by atoms with Crippen LogP contribution < -0.4 is 10.5 Å². The predicted octanol–water partition coefficient (Wildman–Crippen LogP) is 4.58. The molecule has 12 heteroatoms. The molecule has 5 heterocycles. The Bertz CT molecular complexity index is 1540. The van der Waals surface area contributed by atoms with Gasteiger partial charge in [0.05, 0.1) is 33.4 Å². The Morgan fingerprint density at radius 3 is 2.83 bits per heavy atom. The third-order valence-electron chi connectivity index (χ3n) is 6.61. The maximum Gasteiger partial charge on any atom is 0.433 e. The zero-order valence-corrected chi connectivity index (χ0v) is 19.1. The van der Waals surface area contributed by atoms with Gasteiger partial charge in [0, 0.05) is 24.4 Å². The second kappa shape index (κ2) is 7.45. The molecule has 2 N–H and O–H groups in total. The Kier molecular flexibility index (Phi) is 4.66. The maximum absolute atomic E-state index is 13.8. The SMILES string of the molecule is Cc1ncn2c1c(N)nc1cc(Cl)c(C(=O)N3CCC[C@@H]4Oc5cc(C(F)(F)F)ncc5[C@@H]43)cc12. The van der Waals surface area contributed by atoms with Crippen LogP contribution in [0.2, 0.25) is 5.02 Å². The van der Waals surface area contributed by atoms with Crippen LogP contribution in [0.15, 0.2) is 30.7 Å². The van der Waals surface area contributed by atoms with E-state index in [4.69, 9.17) is 22.1 Å². The fraction of sp³-hybridized carbons (Fsp3) is 0.304. The number of hydrogen-bond acceptors (Lipinski definition) is 6. The summed E-state index contributed by atoms with van der Waals surface area (Å²) in [7, 11) is 0. The van der Waals surface area contributed by atoms with Gasteiger partial charge in [0.1, 0.15) is 35.2 Å². The molecule has 0 radical (unpaired) electrons. The first-order valence-electron chi connectivity index (χ1n) is 10.9. The number of nitrogen functional groups attached to an aromatic ring is 1. The number of piperidine rings is 1. The summed E-state index contributed by atoms with van der Waals surface area (Å²) in [5.74, 6) is 0.0404. The first kappa shape index (κ1) is 21.9. The number of amides is 1. The van der Waals surface area contributed by atoms with E-state index in [1.54, 1.807) is 27.8 Å². The molecule has 1 fully saturated rings. The highest BCUT2D eigenvalue weighted by molar-refractivity contribution is 6.34. The lowest BCUT2D eigenvalue weighted by molar-refractivity contribution is -0.141. The third kappa shape index (κ3) is 3.28. The highest BCUT2D eigenvalue weighted by atomic mass is 35.5. The Hall–Kier alpha value is -3.60. The Balaban J connectivity index is 1.44. The van der Waals surface area contributed by atoms with E-state index in [1.165, 1.54) is 0 Å². The van der Waals surface area contributed by atoms with E-state index in [0.717, 1.165) is 12.3 Å². The molecule has 4 aromatic rings. The van der Waals surface area contributed by atoms with Gasteiger partial charge < -0.3 is 15.4 Å². The quantitative estimate of drug-likeness (QED) is 0.409. The first-order valence-corrected chi connectivity index (χ1v) is 11.3. The summed E-state index contributed by atoms with van der Waals surface area (Å²) in [5.41, 5.74) is 8.21. The first-order chi connectivity index (χ1) is 16.6. The fourth-order valence-electron chi connectivity index (χ4n) is 5.03. The lowest BCUT2D eigenvalue weighted by Gasteiger charge is -2.36. The van der Waals surface area contributed by atoms with Gasteiger partial charge in [0.25, 0.3) is 5.91 Å². The van der Waals surface area contributed by atoms with Gasteiger partial charge in [-0.3, -0.25) is 14.2 Å². The number of imidazole rings is 1. The average molecular weight is 503 g/mol. The van der Waals surface area contributed by atoms with E-state index in [9.17, 15) is 18.0 Å². The molecule has 3 aromatic heterocycles. The molecule has 1 saturated heterocycles. The molecule has 2 atom stereocenters. The lowest BCUT2D eigenvalue weighted by Crippen LogP contribution is -2.44. The Morgan fingerprint density at radius 1 is 1.26 bits per heavy atom. The van der Waals surface area contributed by atoms with Crippen molar-refractivity contribution in [2.75, 3.05) is 12.3 Å². The highest BCUT2D eigenvalue weighted by Crippen LogP contribution is 2.46. The molecular weight excluding hydrogens is 485 g/mol. The van der Waals surface area contributed by atoms with Crippen molar-refractivity contribution in [2.45, 2.75) is 38.1 Å². The normalized spacial score (nSPS) is 19.6. The van der Waals surface area contributed by atoms with E-state index >= 15 is 0 Å². The number of alkyl halides is 3. The van der Waals surface area contributed by atoms with Crippen molar-refractivity contribution in [1.82, 2.24) is 24.3 Å². The van der Waals surface area contributed by atoms with Crippen molar-refractivity contribution in [1.29, 1.82) is 0 Å². The number of ether oxygens (including phenoxy) is 1. The van der Waals surface area contributed by atoms with E-state index in [2.05, 4.69) is 15.0 Å². The summed E-state index contributed by atoms with van der Waals surface area (Å²) in [6.07, 6.45) is -1.05. The summed E-state index contributed by atoms with van der Waals surface area (Å²) in [6.45, 7) is 2.21. The molecule has 0 unspecified atom stereocenters. The number of anilines is 1. The number of halogens is 4. The van der Waals surface area contributed by atoms with Crippen LogP contribution in [-0.2, 0) is 6.18 Å². The van der Waals surface area contributed by atoms with E-state index < -0.39 is 24.0 Å². The van der Waals surface area contributed by atoms with Gasteiger partial charge >= 0.3 is 6.18 Å². The van der Waals surface area contributed by atoms with Crippen LogP contribution in [0.1, 0.15) is 46.2 Å². The van der Waals surface area contributed by atoms with Gasteiger partial charge in [0.2, 0.25) is 0 Å². The molecule has 0 aliphatic carbocycles. The van der Waals surface area contributed by atoms with Crippen LogP contribution in [0.25, 0.3) is 16.6 Å². The second-order valence-corrected chi connectivity index (χ2v) is 9.12. The fourth-order valence-corrected chi connectivity index (χ4v) is 5.27. The third-order valence-corrected chi connectivity index (χ3v) is 6.92. The van der Waals surface area contributed by atoms with Gasteiger partial charge in [-0.15, -0.1) is 0 Å². The molecule has 6 rings (SSSR count). The summed E-state index contributed by atoms with van der Waals surface area (Å²) < 4.78 is 47.0. The molecule has 0 saturated carbocycles. The lowest BCUT2D eigenvalue weighted by atomic mass is 9.94. The van der Waals surface area contributed by atoms with Crippen molar-refractivity contribution in [2.24, 2.45) is 0 Å². The van der Waals surface area contributed by atoms with Crippen LogP contribution in [0.5, 0.6) is 5.75 Å². The number of fused-ring (bicyclic) bond motifs is 6. The van der Waals surface area contributed by atoms with E-state index in [0.29, 0.717) is 53.0 Å². The molecule has 35 heavy (non-hydrogen) atoms. The van der Waals surface area contributed by atoms with E-state index in [-0.39, 0.29) is 22.2 Å². The minimum absolute atomic E-state index is 0.0990. The molecule has 8 nitrogen and oxygen atoms in total. The standard InChI is InChI=1S/C23H18ClF3N6O2/c1-10-19-21(28)31-14-6-13(24)11(5-15(14)33(19)9-30-10)22(34)32-4-2-3-16-20(32)12-8-29-18(23(25,26)27)7-17(12)35-16/h5-9,16,20H,2-4H2,1H3,(H2,28,31)/t16-,20-/m0/s1. The van der Waals surface area contributed by atoms with Gasteiger partial charge in [-0.25, -0.2) is 9.97 Å². The second-order valence-electron chi connectivity index (χ2n) is 8.71. The van der Waals surface area contributed by atoms with Crippen molar-refractivity contribution >= 4 is 39.9 Å². The largest absolute Gasteiger partial charge is 0.487 e. The zero-order chi connectivity index (χ0) is 24.6. The van der Waals surface area contributed by atoms with Gasteiger partial charge in [-0.2, -0.15) is 13.2 Å². The molecule has 180 valence electrons. The van der Waals surface area contributed by atoms with Gasteiger partial charge in [0.15, 0.2) is 0 Å². The zero-order valence-electron chi connectivity index (χ0n) is 18.3. The number of carbonyl (C=O) groups is 1. The van der Waals surface area contributed by atoms with E-state index in [1.807, 2.05) is 6.92 Å². The Labute approximate surface area is 201 Å². The summed E-state index contributed by atoms with van der Waals surface area (Å²) in [6, 6.07) is 3.56. The molecule has 2 aliphatic heterocycles. The number of hydrogen-bond donors (Lipinski definition) is 1. The average Bonchev–Trinajstić information content (AvgIpc) is 3.38. The van der Waals surface area contributed by atoms with Crippen LogP contribution in [-0.4, -0.2) is 42.8 Å². The number of benzene rings is 1. The number of rotatable bonds is 1. The molecule has 0 bridgehead atoms. The van der Waals surface area contributed by atoms with Crippen molar-refractivity contribution in [3.8, 4) is 5.75 Å². The molecule has 0 spiro atoms. The van der Waals surface area contributed by atoms with Crippen molar-refractivity contribution in [3.05, 3.63) is 58.3 Å². The Morgan fingerprint density at radius 2 is 2.06 bits per heavy atom. The monoisotopic (exact) mass is 502 g/mol.